The van der Waals surface area contributed by atoms with Gasteiger partial charge in [0.1, 0.15) is 5.82 Å². The van der Waals surface area contributed by atoms with Crippen molar-refractivity contribution in [2.24, 2.45) is 0 Å². The van der Waals surface area contributed by atoms with Crippen LogP contribution in [0.15, 0.2) is 82.1 Å². The van der Waals surface area contributed by atoms with E-state index in [1.807, 2.05) is 49.4 Å². The summed E-state index contributed by atoms with van der Waals surface area (Å²) >= 11 is 9.59. The van der Waals surface area contributed by atoms with Crippen LogP contribution in [0.25, 0.3) is 16.6 Å². The first kappa shape index (κ1) is 25.9. The third kappa shape index (κ3) is 5.63. The molecule has 8 heteroatoms. The molecule has 2 amide bonds. The van der Waals surface area contributed by atoms with Gasteiger partial charge < -0.3 is 10.2 Å². The van der Waals surface area contributed by atoms with Crippen molar-refractivity contribution >= 4 is 50.2 Å². The highest BCUT2D eigenvalue weighted by atomic mass is 79.9. The highest BCUT2D eigenvalue weighted by molar-refractivity contribution is 9.10. The predicted molar refractivity (Wildman–Crippen MR) is 150 cm³/mol. The normalized spacial score (nSPS) is 11.9. The highest BCUT2D eigenvalue weighted by Gasteiger charge is 2.29. The van der Waals surface area contributed by atoms with Crippen LogP contribution >= 0.6 is 27.5 Å². The highest BCUT2D eigenvalue weighted by Crippen LogP contribution is 2.28. The van der Waals surface area contributed by atoms with Crippen LogP contribution in [0.2, 0.25) is 5.02 Å². The molecule has 0 bridgehead atoms. The zero-order chi connectivity index (χ0) is 25.7. The number of benzene rings is 3. The largest absolute Gasteiger partial charge is 0.322 e. The Morgan fingerprint density at radius 2 is 1.83 bits per heavy atom. The number of urea groups is 1. The Balaban J connectivity index is 1.86. The van der Waals surface area contributed by atoms with Gasteiger partial charge >= 0.3 is 6.03 Å². The first-order chi connectivity index (χ1) is 17.4. The Bertz CT molecular complexity index is 1420. The number of amides is 2. The number of fused-ring (bicyclic) bond motifs is 1. The van der Waals surface area contributed by atoms with Gasteiger partial charge in [0.25, 0.3) is 5.56 Å². The molecule has 6 nitrogen and oxygen atoms in total. The molecule has 186 valence electrons. The minimum Gasteiger partial charge on any atom is -0.314 e. The second-order valence-electron chi connectivity index (χ2n) is 8.52. The van der Waals surface area contributed by atoms with Gasteiger partial charge in [-0.3, -0.25) is 9.36 Å². The molecule has 0 aliphatic heterocycles. The number of para-hydroxylation sites is 1. The summed E-state index contributed by atoms with van der Waals surface area (Å²) in [5, 5.41) is 4.11. The van der Waals surface area contributed by atoms with Crippen LogP contribution in [-0.4, -0.2) is 27.0 Å². The molecule has 0 saturated carbocycles. The summed E-state index contributed by atoms with van der Waals surface area (Å²) in [6, 6.07) is 21.2. The van der Waals surface area contributed by atoms with E-state index in [4.69, 9.17) is 16.6 Å². The third-order valence-corrected chi connectivity index (χ3v) is 6.78. The van der Waals surface area contributed by atoms with Gasteiger partial charge in [0, 0.05) is 21.7 Å². The van der Waals surface area contributed by atoms with Gasteiger partial charge in [-0.05, 0) is 67.4 Å². The SMILES string of the molecule is CCCCN(C(=O)Nc1cccc(Br)c1)C(CC)c1nc2ccccc2c(=O)n1-c1ccc(Cl)cc1. The van der Waals surface area contributed by atoms with E-state index < -0.39 is 6.04 Å². The molecule has 0 aliphatic rings. The van der Waals surface area contributed by atoms with E-state index >= 15 is 0 Å². The lowest BCUT2D eigenvalue weighted by Crippen LogP contribution is -2.41. The van der Waals surface area contributed by atoms with Crippen LogP contribution in [-0.2, 0) is 0 Å². The van der Waals surface area contributed by atoms with Gasteiger partial charge in [-0.1, -0.05) is 66.0 Å². The summed E-state index contributed by atoms with van der Waals surface area (Å²) in [5.41, 5.74) is 1.76. The number of rotatable bonds is 8. The monoisotopic (exact) mass is 566 g/mol. The van der Waals surface area contributed by atoms with Crippen LogP contribution in [0.1, 0.15) is 45.0 Å². The summed E-state index contributed by atoms with van der Waals surface area (Å²) in [5.74, 6) is 0.518. The smallest absolute Gasteiger partial charge is 0.314 e. The average molecular weight is 568 g/mol. The summed E-state index contributed by atoms with van der Waals surface area (Å²) in [4.78, 5) is 34.1. The van der Waals surface area contributed by atoms with Crippen molar-refractivity contribution in [2.75, 3.05) is 11.9 Å². The Morgan fingerprint density at radius 3 is 2.53 bits per heavy atom. The number of aromatic nitrogens is 2. The zero-order valence-electron chi connectivity index (χ0n) is 20.2. The number of anilines is 1. The molecule has 0 fully saturated rings. The van der Waals surface area contributed by atoms with Crippen LogP contribution in [0, 0.1) is 0 Å². The number of hydrogen-bond donors (Lipinski definition) is 1. The quantitative estimate of drug-likeness (QED) is 0.239. The lowest BCUT2D eigenvalue weighted by Gasteiger charge is -2.32. The molecule has 1 heterocycles. The maximum Gasteiger partial charge on any atom is 0.322 e. The molecule has 0 radical (unpaired) electrons. The van der Waals surface area contributed by atoms with Crippen LogP contribution in [0.5, 0.6) is 0 Å². The van der Waals surface area contributed by atoms with E-state index in [2.05, 4.69) is 28.2 Å². The fourth-order valence-corrected chi connectivity index (χ4v) is 4.77. The first-order valence-electron chi connectivity index (χ1n) is 12.0. The summed E-state index contributed by atoms with van der Waals surface area (Å²) in [6.45, 7) is 4.62. The molecule has 3 aromatic carbocycles. The van der Waals surface area contributed by atoms with Crippen LogP contribution < -0.4 is 10.9 Å². The standard InChI is InChI=1S/C28H28BrClN4O2/c1-3-5-17-33(28(36)31-21-10-8-9-19(29)18-21)25(4-2)26-32-24-12-7-6-11-23(24)27(35)34(26)22-15-13-20(30)14-16-22/h6-16,18,25H,3-5,17H2,1-2H3,(H,31,36). The summed E-state index contributed by atoms with van der Waals surface area (Å²) < 4.78 is 2.48. The fraction of sp³-hybridized carbons (Fsp3) is 0.250. The fourth-order valence-electron chi connectivity index (χ4n) is 4.24. The second-order valence-corrected chi connectivity index (χ2v) is 9.87. The van der Waals surface area contributed by atoms with E-state index in [1.165, 1.54) is 0 Å². The van der Waals surface area contributed by atoms with Crippen molar-refractivity contribution in [1.82, 2.24) is 14.5 Å². The van der Waals surface area contributed by atoms with E-state index in [-0.39, 0.29) is 11.6 Å². The van der Waals surface area contributed by atoms with E-state index in [9.17, 15) is 9.59 Å². The molecule has 4 rings (SSSR count). The number of nitrogens with zero attached hydrogens (tertiary/aromatic N) is 3. The maximum absolute atomic E-state index is 13.8. The number of nitrogens with one attached hydrogen (secondary N) is 1. The Labute approximate surface area is 224 Å². The molecular weight excluding hydrogens is 540 g/mol. The number of hydrogen-bond acceptors (Lipinski definition) is 3. The van der Waals surface area contributed by atoms with Gasteiger partial charge in [-0.2, -0.15) is 0 Å². The molecule has 1 N–H and O–H groups in total. The molecular formula is C28H28BrClN4O2. The van der Waals surface area contributed by atoms with E-state index in [0.717, 1.165) is 17.3 Å². The number of halogens is 2. The molecule has 0 aliphatic carbocycles. The van der Waals surface area contributed by atoms with Gasteiger partial charge in [-0.25, -0.2) is 9.78 Å². The van der Waals surface area contributed by atoms with Crippen molar-refractivity contribution in [2.45, 2.75) is 39.2 Å². The Hall–Kier alpha value is -3.16. The molecule has 4 aromatic rings. The lowest BCUT2D eigenvalue weighted by atomic mass is 10.1. The number of unbranched alkanes of at least 4 members (excludes halogenated alkanes) is 1. The molecule has 0 spiro atoms. The van der Waals surface area contributed by atoms with E-state index in [1.54, 1.807) is 39.8 Å². The van der Waals surface area contributed by atoms with Gasteiger partial charge in [0.15, 0.2) is 0 Å². The zero-order valence-corrected chi connectivity index (χ0v) is 22.6. The summed E-state index contributed by atoms with van der Waals surface area (Å²) in [6.07, 6.45) is 2.32. The minimum atomic E-state index is -0.434. The van der Waals surface area contributed by atoms with Gasteiger partial charge in [-0.15, -0.1) is 0 Å². The Morgan fingerprint density at radius 1 is 1.08 bits per heavy atom. The van der Waals surface area contributed by atoms with Crippen LogP contribution in [0.3, 0.4) is 0 Å². The van der Waals surface area contributed by atoms with Crippen molar-refractivity contribution in [3.8, 4) is 5.69 Å². The average Bonchev–Trinajstić information content (AvgIpc) is 2.87. The maximum atomic E-state index is 13.8. The third-order valence-electron chi connectivity index (χ3n) is 6.04. The van der Waals surface area contributed by atoms with Crippen molar-refractivity contribution in [3.05, 3.63) is 98.5 Å². The van der Waals surface area contributed by atoms with Gasteiger partial charge in [0.05, 0.1) is 22.6 Å². The predicted octanol–water partition coefficient (Wildman–Crippen LogP) is 7.59. The van der Waals surface area contributed by atoms with Crippen LogP contribution in [0.4, 0.5) is 10.5 Å². The summed E-state index contributed by atoms with van der Waals surface area (Å²) in [7, 11) is 0. The number of carbonyl (C=O) groups is 1. The van der Waals surface area contributed by atoms with E-state index in [0.29, 0.717) is 46.1 Å². The topological polar surface area (TPSA) is 67.2 Å². The molecule has 1 unspecified atom stereocenters. The second kappa shape index (κ2) is 11.7. The van der Waals surface area contributed by atoms with Crippen molar-refractivity contribution in [3.63, 3.8) is 0 Å². The molecule has 0 saturated heterocycles. The Kier molecular flexibility index (Phi) is 8.44. The van der Waals surface area contributed by atoms with Crippen molar-refractivity contribution < 1.29 is 4.79 Å². The molecule has 1 aromatic heterocycles. The first-order valence-corrected chi connectivity index (χ1v) is 13.2. The van der Waals surface area contributed by atoms with Gasteiger partial charge in [0.2, 0.25) is 0 Å². The minimum absolute atomic E-state index is 0.181. The molecule has 1 atom stereocenters. The number of carbonyl (C=O) groups excluding carboxylic acids is 1. The lowest BCUT2D eigenvalue weighted by molar-refractivity contribution is 0.180. The van der Waals surface area contributed by atoms with Crippen molar-refractivity contribution in [1.29, 1.82) is 0 Å². The molecule has 36 heavy (non-hydrogen) atoms.